The second kappa shape index (κ2) is 3.54. The van der Waals surface area contributed by atoms with Gasteiger partial charge < -0.3 is 0 Å². The summed E-state index contributed by atoms with van der Waals surface area (Å²) < 4.78 is 1.16. The third kappa shape index (κ3) is 1.49. The van der Waals surface area contributed by atoms with Crippen molar-refractivity contribution in [3.05, 3.63) is 51.2 Å². The van der Waals surface area contributed by atoms with Crippen LogP contribution in [0.1, 0.15) is 0 Å². The summed E-state index contributed by atoms with van der Waals surface area (Å²) in [5.74, 6) is 0. The lowest BCUT2D eigenvalue weighted by Gasteiger charge is -2.00. The summed E-state index contributed by atoms with van der Waals surface area (Å²) >= 11 is 7.11. The van der Waals surface area contributed by atoms with E-state index in [1.165, 1.54) is 11.3 Å². The van der Waals surface area contributed by atoms with Crippen LogP contribution in [0.3, 0.4) is 0 Å². The standard InChI is InChI=1S/C12H6ClNOS/c13-12-14-11(15)9-5-7-3-1-2-4-8(7)6-10(9)16-12/h1-6H. The molecule has 2 nitrogen and oxygen atoms in total. The van der Waals surface area contributed by atoms with E-state index >= 15 is 0 Å². The molecule has 1 heterocycles. The van der Waals surface area contributed by atoms with Crippen LogP contribution in [0.4, 0.5) is 0 Å². The normalized spacial score (nSPS) is 11.1. The maximum absolute atomic E-state index is 11.7. The van der Waals surface area contributed by atoms with Crippen molar-refractivity contribution >= 4 is 43.8 Å². The lowest BCUT2D eigenvalue weighted by molar-refractivity contribution is 1.32. The zero-order valence-electron chi connectivity index (χ0n) is 8.11. The van der Waals surface area contributed by atoms with Crippen LogP contribution in [-0.4, -0.2) is 4.98 Å². The number of hydrogen-bond donors (Lipinski definition) is 0. The van der Waals surface area contributed by atoms with Crippen molar-refractivity contribution in [2.24, 2.45) is 0 Å². The SMILES string of the molecule is O=c1nc(Cl)sc2cc3ccccc3cc12. The Kier molecular flexibility index (Phi) is 2.16. The molecule has 0 aliphatic rings. The van der Waals surface area contributed by atoms with Crippen molar-refractivity contribution in [2.45, 2.75) is 0 Å². The first-order valence-corrected chi connectivity index (χ1v) is 5.93. The van der Waals surface area contributed by atoms with Crippen LogP contribution >= 0.6 is 22.9 Å². The number of benzene rings is 2. The van der Waals surface area contributed by atoms with E-state index in [0.29, 0.717) is 5.39 Å². The van der Waals surface area contributed by atoms with Crippen LogP contribution in [0.2, 0.25) is 4.47 Å². The summed E-state index contributed by atoms with van der Waals surface area (Å²) in [7, 11) is 0. The average Bonchev–Trinajstić information content (AvgIpc) is 2.27. The van der Waals surface area contributed by atoms with Crippen LogP contribution in [0.15, 0.2) is 41.2 Å². The summed E-state index contributed by atoms with van der Waals surface area (Å²) in [4.78, 5) is 15.4. The average molecular weight is 248 g/mol. The topological polar surface area (TPSA) is 30.0 Å². The van der Waals surface area contributed by atoms with E-state index in [1.54, 1.807) is 0 Å². The molecular formula is C12H6ClNOS. The van der Waals surface area contributed by atoms with E-state index in [4.69, 9.17) is 11.6 Å². The van der Waals surface area contributed by atoms with Gasteiger partial charge in [-0.2, -0.15) is 4.98 Å². The van der Waals surface area contributed by atoms with Gasteiger partial charge in [0.2, 0.25) is 0 Å². The third-order valence-electron chi connectivity index (χ3n) is 2.46. The van der Waals surface area contributed by atoms with Crippen LogP contribution in [0.25, 0.3) is 20.9 Å². The number of nitrogens with zero attached hydrogens (tertiary/aromatic N) is 1. The van der Waals surface area contributed by atoms with Gasteiger partial charge in [0.1, 0.15) is 0 Å². The lowest BCUT2D eigenvalue weighted by Crippen LogP contribution is -2.04. The number of hydrogen-bond acceptors (Lipinski definition) is 3. The predicted octanol–water partition coefficient (Wildman–Crippen LogP) is 3.46. The maximum Gasteiger partial charge on any atom is 0.280 e. The van der Waals surface area contributed by atoms with Gasteiger partial charge in [-0.25, -0.2) is 0 Å². The molecule has 1 aromatic heterocycles. The highest BCUT2D eigenvalue weighted by atomic mass is 35.5. The third-order valence-corrected chi connectivity index (χ3v) is 3.60. The molecule has 0 unspecified atom stereocenters. The van der Waals surface area contributed by atoms with Gasteiger partial charge in [-0.15, -0.1) is 11.3 Å². The van der Waals surface area contributed by atoms with Crippen molar-refractivity contribution in [2.75, 3.05) is 0 Å². The Morgan fingerprint density at radius 2 is 1.81 bits per heavy atom. The Bertz CT molecular complexity index is 751. The number of fused-ring (bicyclic) bond motifs is 2. The van der Waals surface area contributed by atoms with Crippen LogP contribution in [-0.2, 0) is 0 Å². The van der Waals surface area contributed by atoms with E-state index in [0.717, 1.165) is 15.5 Å². The van der Waals surface area contributed by atoms with Gasteiger partial charge >= 0.3 is 0 Å². The first kappa shape index (κ1) is 9.75. The van der Waals surface area contributed by atoms with Crippen molar-refractivity contribution in [3.63, 3.8) is 0 Å². The summed E-state index contributed by atoms with van der Waals surface area (Å²) in [6.07, 6.45) is 0. The molecule has 0 amide bonds. The molecule has 16 heavy (non-hydrogen) atoms. The molecule has 0 N–H and O–H groups in total. The second-order valence-corrected chi connectivity index (χ2v) is 5.08. The molecule has 0 atom stereocenters. The van der Waals surface area contributed by atoms with Crippen molar-refractivity contribution in [1.29, 1.82) is 0 Å². The smallest absolute Gasteiger partial charge is 0.267 e. The predicted molar refractivity (Wildman–Crippen MR) is 68.4 cm³/mol. The molecule has 0 aliphatic carbocycles. The number of rotatable bonds is 0. The second-order valence-electron chi connectivity index (χ2n) is 3.47. The van der Waals surface area contributed by atoms with E-state index in [1.807, 2.05) is 36.4 Å². The summed E-state index contributed by atoms with van der Waals surface area (Å²) in [6.45, 7) is 0. The fourth-order valence-corrected chi connectivity index (χ4v) is 2.80. The molecular weight excluding hydrogens is 242 g/mol. The zero-order chi connectivity index (χ0) is 11.1. The van der Waals surface area contributed by atoms with Gasteiger partial charge in [0, 0.05) is 4.70 Å². The number of halogens is 1. The summed E-state index contributed by atoms with van der Waals surface area (Å²) in [5.41, 5.74) is -0.260. The van der Waals surface area contributed by atoms with Gasteiger partial charge in [0.25, 0.3) is 5.56 Å². The molecule has 0 aliphatic heterocycles. The van der Waals surface area contributed by atoms with E-state index in [-0.39, 0.29) is 10.0 Å². The monoisotopic (exact) mass is 247 g/mol. The minimum atomic E-state index is -0.260. The van der Waals surface area contributed by atoms with E-state index in [2.05, 4.69) is 4.98 Å². The Balaban J connectivity index is 2.56. The summed E-state index contributed by atoms with van der Waals surface area (Å²) in [5, 5.41) is 2.78. The highest BCUT2D eigenvalue weighted by Gasteiger charge is 2.04. The molecule has 0 fully saturated rings. The lowest BCUT2D eigenvalue weighted by atomic mass is 10.1. The fraction of sp³-hybridized carbons (Fsp3) is 0. The molecule has 4 heteroatoms. The van der Waals surface area contributed by atoms with Gasteiger partial charge in [-0.05, 0) is 22.9 Å². The fourth-order valence-electron chi connectivity index (χ4n) is 1.72. The van der Waals surface area contributed by atoms with Crippen LogP contribution in [0, 0.1) is 0 Å². The minimum absolute atomic E-state index is 0.260. The first-order valence-electron chi connectivity index (χ1n) is 4.73. The Hall–Kier alpha value is -1.45. The maximum atomic E-state index is 11.7. The Morgan fingerprint density at radius 3 is 2.56 bits per heavy atom. The molecule has 0 bridgehead atoms. The van der Waals surface area contributed by atoms with Gasteiger partial charge in [-0.1, -0.05) is 35.9 Å². The van der Waals surface area contributed by atoms with Crippen LogP contribution in [0.5, 0.6) is 0 Å². The molecule has 0 saturated carbocycles. The Labute approximate surface area is 100 Å². The number of aromatic nitrogens is 1. The highest BCUT2D eigenvalue weighted by Crippen LogP contribution is 2.25. The van der Waals surface area contributed by atoms with Crippen molar-refractivity contribution < 1.29 is 0 Å². The molecule has 0 radical (unpaired) electrons. The van der Waals surface area contributed by atoms with Crippen LogP contribution < -0.4 is 5.56 Å². The summed E-state index contributed by atoms with van der Waals surface area (Å²) in [6, 6.07) is 11.8. The molecule has 0 saturated heterocycles. The molecule has 78 valence electrons. The Morgan fingerprint density at radius 1 is 1.12 bits per heavy atom. The van der Waals surface area contributed by atoms with Crippen molar-refractivity contribution in [1.82, 2.24) is 4.98 Å². The highest BCUT2D eigenvalue weighted by molar-refractivity contribution is 7.21. The quantitative estimate of drug-likeness (QED) is 0.570. The van der Waals surface area contributed by atoms with Crippen molar-refractivity contribution in [3.8, 4) is 0 Å². The molecule has 3 rings (SSSR count). The molecule has 3 aromatic rings. The zero-order valence-corrected chi connectivity index (χ0v) is 9.68. The van der Waals surface area contributed by atoms with E-state index in [9.17, 15) is 4.79 Å². The van der Waals surface area contributed by atoms with E-state index < -0.39 is 0 Å². The van der Waals surface area contributed by atoms with Gasteiger partial charge in [0.05, 0.1) is 5.39 Å². The molecule has 0 spiro atoms. The first-order chi connectivity index (χ1) is 7.74. The van der Waals surface area contributed by atoms with Gasteiger partial charge in [-0.3, -0.25) is 4.79 Å². The largest absolute Gasteiger partial charge is 0.280 e. The molecule has 2 aromatic carbocycles. The van der Waals surface area contributed by atoms with Gasteiger partial charge in [0.15, 0.2) is 4.47 Å². The minimum Gasteiger partial charge on any atom is -0.267 e.